The molecule has 10 heteroatoms. The Hall–Kier alpha value is -2.13. The number of para-hydroxylation sites is 1. The maximum Gasteiger partial charge on any atom is 0.265 e. The van der Waals surface area contributed by atoms with Gasteiger partial charge in [-0.25, -0.2) is 13.4 Å². The van der Waals surface area contributed by atoms with Gasteiger partial charge in [0.2, 0.25) is 5.95 Å². The second kappa shape index (κ2) is 8.19. The van der Waals surface area contributed by atoms with Crippen molar-refractivity contribution in [1.82, 2.24) is 14.9 Å². The molecule has 0 atom stereocenters. The van der Waals surface area contributed by atoms with Crippen molar-refractivity contribution < 1.29 is 8.42 Å². The Morgan fingerprint density at radius 3 is 2.37 bits per heavy atom. The van der Waals surface area contributed by atoms with Gasteiger partial charge in [0.05, 0.1) is 20.5 Å². The molecule has 3 aromatic rings. The van der Waals surface area contributed by atoms with E-state index in [2.05, 4.69) is 26.8 Å². The number of benzene rings is 2. The smallest absolute Gasteiger partial charge is 0.265 e. The Bertz CT molecular complexity index is 1200. The van der Waals surface area contributed by atoms with E-state index in [4.69, 9.17) is 23.2 Å². The minimum atomic E-state index is -3.91. The number of nitrogens with zero attached hydrogens (tertiary/aromatic N) is 5. The van der Waals surface area contributed by atoms with Crippen molar-refractivity contribution in [3.8, 4) is 0 Å². The number of likely N-dealkylation sites (N-methyl/N-ethyl adjacent to an activating group) is 1. The van der Waals surface area contributed by atoms with Crippen molar-refractivity contribution in [2.24, 2.45) is 0 Å². The van der Waals surface area contributed by atoms with Gasteiger partial charge in [-0.15, -0.1) is 0 Å². The van der Waals surface area contributed by atoms with Gasteiger partial charge in [0.25, 0.3) is 10.0 Å². The summed E-state index contributed by atoms with van der Waals surface area (Å²) in [5.74, 6) is 0.841. The van der Waals surface area contributed by atoms with Gasteiger partial charge in [0, 0.05) is 38.6 Å². The van der Waals surface area contributed by atoms with Crippen molar-refractivity contribution in [2.45, 2.75) is 4.90 Å². The number of halogens is 2. The molecule has 4 rings (SSSR count). The summed E-state index contributed by atoms with van der Waals surface area (Å²) in [6.45, 7) is 3.33. The Morgan fingerprint density at radius 1 is 0.967 bits per heavy atom. The number of hydrogen-bond donors (Lipinski definition) is 0. The zero-order valence-corrected chi connectivity index (χ0v) is 18.9. The molecule has 2 heterocycles. The minimum absolute atomic E-state index is 0.0447. The Balaban J connectivity index is 1.81. The number of anilines is 2. The lowest BCUT2D eigenvalue weighted by atomic mass is 10.2. The van der Waals surface area contributed by atoms with Gasteiger partial charge in [-0.3, -0.25) is 4.31 Å². The van der Waals surface area contributed by atoms with Gasteiger partial charge in [-0.1, -0.05) is 35.3 Å². The van der Waals surface area contributed by atoms with Crippen LogP contribution >= 0.6 is 23.2 Å². The van der Waals surface area contributed by atoms with E-state index in [1.165, 1.54) is 29.6 Å². The molecule has 158 valence electrons. The first kappa shape index (κ1) is 21.1. The van der Waals surface area contributed by atoms with Crippen LogP contribution in [0.1, 0.15) is 0 Å². The summed E-state index contributed by atoms with van der Waals surface area (Å²) in [4.78, 5) is 13.7. The summed E-state index contributed by atoms with van der Waals surface area (Å²) in [6.07, 6.45) is 0. The second-order valence-corrected chi connectivity index (χ2v) is 9.99. The van der Waals surface area contributed by atoms with E-state index in [1.54, 1.807) is 0 Å². The van der Waals surface area contributed by atoms with Crippen LogP contribution in [0.2, 0.25) is 10.0 Å². The number of piperazine rings is 1. The molecule has 0 spiro atoms. The SMILES string of the molecule is CN1CCN(c2nc(N(C)S(=O)(=O)c3ccc(Cl)c(Cl)c3)c3ccccc3n2)CC1. The van der Waals surface area contributed by atoms with E-state index in [0.717, 1.165) is 26.2 Å². The predicted octanol–water partition coefficient (Wildman–Crippen LogP) is 3.51. The maximum absolute atomic E-state index is 13.3. The predicted molar refractivity (Wildman–Crippen MR) is 121 cm³/mol. The number of aromatic nitrogens is 2. The van der Waals surface area contributed by atoms with Gasteiger partial charge in [0.15, 0.2) is 5.82 Å². The van der Waals surface area contributed by atoms with Crippen LogP contribution in [-0.4, -0.2) is 63.6 Å². The molecule has 0 unspecified atom stereocenters. The van der Waals surface area contributed by atoms with Crippen LogP contribution in [0.25, 0.3) is 10.9 Å². The highest BCUT2D eigenvalue weighted by Gasteiger charge is 2.27. The lowest BCUT2D eigenvalue weighted by Gasteiger charge is -2.33. The van der Waals surface area contributed by atoms with E-state index in [1.807, 2.05) is 24.3 Å². The summed E-state index contributed by atoms with van der Waals surface area (Å²) in [5.41, 5.74) is 0.688. The van der Waals surface area contributed by atoms with Crippen LogP contribution in [0, 0.1) is 0 Å². The first-order chi connectivity index (χ1) is 14.3. The largest absolute Gasteiger partial charge is 0.338 e. The standard InChI is InChI=1S/C20H21Cl2N5O2S/c1-25-9-11-27(12-10-25)20-23-18-6-4-3-5-15(18)19(24-20)26(2)30(28,29)14-7-8-16(21)17(22)13-14/h3-8,13H,9-12H2,1-2H3. The van der Waals surface area contributed by atoms with Crippen molar-refractivity contribution in [3.05, 3.63) is 52.5 Å². The Kier molecular flexibility index (Phi) is 5.76. The number of hydrogen-bond acceptors (Lipinski definition) is 6. The molecular weight excluding hydrogens is 445 g/mol. The molecular formula is C20H21Cl2N5O2S. The van der Waals surface area contributed by atoms with Crippen LogP contribution in [0.3, 0.4) is 0 Å². The van der Waals surface area contributed by atoms with Crippen LogP contribution in [0.5, 0.6) is 0 Å². The lowest BCUT2D eigenvalue weighted by Crippen LogP contribution is -2.45. The van der Waals surface area contributed by atoms with E-state index in [-0.39, 0.29) is 9.92 Å². The number of sulfonamides is 1. The molecule has 0 N–H and O–H groups in total. The molecule has 1 saturated heterocycles. The molecule has 0 amide bonds. The topological polar surface area (TPSA) is 69.6 Å². The summed E-state index contributed by atoms with van der Waals surface area (Å²) in [6, 6.07) is 11.6. The molecule has 1 aromatic heterocycles. The zero-order valence-electron chi connectivity index (χ0n) is 16.6. The maximum atomic E-state index is 13.3. The summed E-state index contributed by atoms with van der Waals surface area (Å²) in [7, 11) is -0.348. The van der Waals surface area contributed by atoms with Crippen LogP contribution < -0.4 is 9.21 Å². The Morgan fingerprint density at radius 2 is 1.67 bits per heavy atom. The molecule has 2 aromatic carbocycles. The van der Waals surface area contributed by atoms with Crippen molar-refractivity contribution in [2.75, 3.05) is 49.5 Å². The molecule has 1 fully saturated rings. The molecule has 0 radical (unpaired) electrons. The van der Waals surface area contributed by atoms with E-state index < -0.39 is 10.0 Å². The average Bonchev–Trinajstić information content (AvgIpc) is 2.74. The highest BCUT2D eigenvalue weighted by molar-refractivity contribution is 7.92. The highest BCUT2D eigenvalue weighted by atomic mass is 35.5. The van der Waals surface area contributed by atoms with E-state index >= 15 is 0 Å². The average molecular weight is 466 g/mol. The third-order valence-electron chi connectivity index (χ3n) is 5.21. The summed E-state index contributed by atoms with van der Waals surface area (Å²) < 4.78 is 27.8. The van der Waals surface area contributed by atoms with E-state index in [0.29, 0.717) is 27.7 Å². The summed E-state index contributed by atoms with van der Waals surface area (Å²) in [5, 5.41) is 1.13. The highest BCUT2D eigenvalue weighted by Crippen LogP contribution is 2.32. The van der Waals surface area contributed by atoms with E-state index in [9.17, 15) is 8.42 Å². The first-order valence-corrected chi connectivity index (χ1v) is 11.6. The zero-order chi connectivity index (χ0) is 21.5. The quantitative estimate of drug-likeness (QED) is 0.586. The van der Waals surface area contributed by atoms with Crippen LogP contribution in [-0.2, 0) is 10.0 Å². The van der Waals surface area contributed by atoms with Gasteiger partial charge in [-0.05, 0) is 37.4 Å². The molecule has 0 aliphatic carbocycles. The molecule has 30 heavy (non-hydrogen) atoms. The number of rotatable bonds is 4. The summed E-state index contributed by atoms with van der Waals surface area (Å²) >= 11 is 12.0. The molecule has 0 saturated carbocycles. The lowest BCUT2D eigenvalue weighted by molar-refractivity contribution is 0.311. The van der Waals surface area contributed by atoms with Crippen LogP contribution in [0.4, 0.5) is 11.8 Å². The monoisotopic (exact) mass is 465 g/mol. The van der Waals surface area contributed by atoms with Crippen molar-refractivity contribution in [1.29, 1.82) is 0 Å². The second-order valence-electron chi connectivity index (χ2n) is 7.20. The van der Waals surface area contributed by atoms with Crippen molar-refractivity contribution >= 4 is 55.9 Å². The molecule has 7 nitrogen and oxygen atoms in total. The third kappa shape index (κ3) is 3.92. The van der Waals surface area contributed by atoms with Gasteiger partial charge in [0.1, 0.15) is 0 Å². The minimum Gasteiger partial charge on any atom is -0.338 e. The fourth-order valence-corrected chi connectivity index (χ4v) is 4.90. The normalized spacial score (nSPS) is 15.5. The van der Waals surface area contributed by atoms with Crippen LogP contribution in [0.15, 0.2) is 47.4 Å². The van der Waals surface area contributed by atoms with Gasteiger partial charge < -0.3 is 9.80 Å². The molecule has 0 bridgehead atoms. The molecule has 1 aliphatic rings. The third-order valence-corrected chi connectivity index (χ3v) is 7.69. The van der Waals surface area contributed by atoms with Gasteiger partial charge in [-0.2, -0.15) is 4.98 Å². The number of fused-ring (bicyclic) bond motifs is 1. The van der Waals surface area contributed by atoms with Gasteiger partial charge >= 0.3 is 0 Å². The fourth-order valence-electron chi connectivity index (χ4n) is 3.35. The first-order valence-electron chi connectivity index (χ1n) is 9.41. The molecule has 1 aliphatic heterocycles. The Labute approximate surface area is 185 Å². The fraction of sp³-hybridized carbons (Fsp3) is 0.300. The van der Waals surface area contributed by atoms with Crippen molar-refractivity contribution in [3.63, 3.8) is 0 Å².